The molecule has 1 aliphatic rings. The van der Waals surface area contributed by atoms with Gasteiger partial charge in [0.1, 0.15) is 17.5 Å². The van der Waals surface area contributed by atoms with Crippen LogP contribution >= 0.6 is 0 Å². The molecule has 7 heteroatoms. The molecule has 0 aromatic heterocycles. The molecule has 1 aliphatic heterocycles. The van der Waals surface area contributed by atoms with Gasteiger partial charge in [0.15, 0.2) is 0 Å². The minimum absolute atomic E-state index is 0.0442. The lowest BCUT2D eigenvalue weighted by atomic mass is 10.2. The highest BCUT2D eigenvalue weighted by Gasteiger charge is 2.30. The van der Waals surface area contributed by atoms with Crippen molar-refractivity contribution in [1.82, 2.24) is 15.5 Å². The van der Waals surface area contributed by atoms with E-state index in [0.717, 1.165) is 0 Å². The standard InChI is InChI=1S/C12H15N3O4/c1-15-6-9(14-12(15)19)11(18)13-5-7-2-3-8(16)4-10(7)17/h2-4,9,16-17H,5-6H2,1H3,(H,13,18)(H,14,19). The molecule has 0 bridgehead atoms. The first-order valence-electron chi connectivity index (χ1n) is 5.77. The average molecular weight is 265 g/mol. The van der Waals surface area contributed by atoms with Gasteiger partial charge < -0.3 is 25.7 Å². The monoisotopic (exact) mass is 265 g/mol. The zero-order valence-electron chi connectivity index (χ0n) is 10.4. The van der Waals surface area contributed by atoms with Crippen LogP contribution in [0.5, 0.6) is 11.5 Å². The molecule has 1 saturated heterocycles. The molecule has 7 nitrogen and oxygen atoms in total. The molecule has 1 atom stereocenters. The van der Waals surface area contributed by atoms with Crippen molar-refractivity contribution in [1.29, 1.82) is 0 Å². The molecular weight excluding hydrogens is 250 g/mol. The van der Waals surface area contributed by atoms with Gasteiger partial charge in [-0.15, -0.1) is 0 Å². The Bertz CT molecular complexity index is 518. The van der Waals surface area contributed by atoms with Crippen molar-refractivity contribution < 1.29 is 19.8 Å². The lowest BCUT2D eigenvalue weighted by Crippen LogP contribution is -2.42. The first kappa shape index (κ1) is 13.0. The van der Waals surface area contributed by atoms with Crippen LogP contribution in [0.4, 0.5) is 4.79 Å². The number of nitrogens with one attached hydrogen (secondary N) is 2. The van der Waals surface area contributed by atoms with Crippen molar-refractivity contribution >= 4 is 11.9 Å². The smallest absolute Gasteiger partial charge is 0.317 e. The number of nitrogens with zero attached hydrogens (tertiary/aromatic N) is 1. The zero-order valence-corrected chi connectivity index (χ0v) is 10.4. The largest absolute Gasteiger partial charge is 0.508 e. The quantitative estimate of drug-likeness (QED) is 0.604. The number of carbonyl (C=O) groups is 2. The zero-order chi connectivity index (χ0) is 14.0. The summed E-state index contributed by atoms with van der Waals surface area (Å²) in [6, 6.07) is 3.27. The molecule has 19 heavy (non-hydrogen) atoms. The molecule has 1 heterocycles. The predicted octanol–water partition coefficient (Wildman–Crippen LogP) is -0.262. The number of benzene rings is 1. The Balaban J connectivity index is 1.92. The second-order valence-corrected chi connectivity index (χ2v) is 4.41. The number of rotatable bonds is 3. The maximum Gasteiger partial charge on any atom is 0.317 e. The third-order valence-electron chi connectivity index (χ3n) is 2.94. The van der Waals surface area contributed by atoms with E-state index in [1.807, 2.05) is 0 Å². The van der Waals surface area contributed by atoms with E-state index in [0.29, 0.717) is 12.1 Å². The van der Waals surface area contributed by atoms with E-state index in [-0.39, 0.29) is 30.0 Å². The summed E-state index contributed by atoms with van der Waals surface area (Å²) in [6.07, 6.45) is 0. The van der Waals surface area contributed by atoms with Crippen molar-refractivity contribution in [2.24, 2.45) is 0 Å². The Kier molecular flexibility index (Phi) is 3.46. The van der Waals surface area contributed by atoms with Gasteiger partial charge in [-0.3, -0.25) is 4.79 Å². The lowest BCUT2D eigenvalue weighted by molar-refractivity contribution is -0.122. The summed E-state index contributed by atoms with van der Waals surface area (Å²) in [4.78, 5) is 24.4. The fraction of sp³-hybridized carbons (Fsp3) is 0.333. The molecule has 0 spiro atoms. The Morgan fingerprint density at radius 2 is 2.26 bits per heavy atom. The van der Waals surface area contributed by atoms with Gasteiger partial charge in [0.05, 0.1) is 6.54 Å². The minimum atomic E-state index is -0.586. The van der Waals surface area contributed by atoms with Gasteiger partial charge in [0, 0.05) is 25.2 Å². The van der Waals surface area contributed by atoms with E-state index in [1.165, 1.54) is 23.1 Å². The highest BCUT2D eigenvalue weighted by Crippen LogP contribution is 2.22. The van der Waals surface area contributed by atoms with Gasteiger partial charge in [0.2, 0.25) is 5.91 Å². The molecule has 4 N–H and O–H groups in total. The number of likely N-dealkylation sites (N-methyl/N-ethyl adjacent to an activating group) is 1. The number of phenols is 2. The molecule has 102 valence electrons. The number of urea groups is 1. The molecule has 1 aromatic carbocycles. The summed E-state index contributed by atoms with van der Waals surface area (Å²) < 4.78 is 0. The lowest BCUT2D eigenvalue weighted by Gasteiger charge is -2.11. The van der Waals surface area contributed by atoms with Gasteiger partial charge >= 0.3 is 6.03 Å². The SMILES string of the molecule is CN1CC(C(=O)NCc2ccc(O)cc2O)NC1=O. The third-order valence-corrected chi connectivity index (χ3v) is 2.94. The van der Waals surface area contributed by atoms with Gasteiger partial charge in [-0.2, -0.15) is 0 Å². The number of amides is 3. The van der Waals surface area contributed by atoms with Crippen LogP contribution in [0.1, 0.15) is 5.56 Å². The fourth-order valence-corrected chi connectivity index (χ4v) is 1.82. The maximum atomic E-state index is 11.8. The van der Waals surface area contributed by atoms with Crippen molar-refractivity contribution in [3.05, 3.63) is 23.8 Å². The molecule has 1 unspecified atom stereocenters. The molecule has 3 amide bonds. The van der Waals surface area contributed by atoms with Gasteiger partial charge in [-0.1, -0.05) is 0 Å². The summed E-state index contributed by atoms with van der Waals surface area (Å²) >= 11 is 0. The first-order valence-corrected chi connectivity index (χ1v) is 5.77. The van der Waals surface area contributed by atoms with E-state index in [9.17, 15) is 14.7 Å². The van der Waals surface area contributed by atoms with Crippen LogP contribution in [0.15, 0.2) is 18.2 Å². The summed E-state index contributed by atoms with van der Waals surface area (Å²) in [5.74, 6) is -0.449. The third kappa shape index (κ3) is 2.87. The summed E-state index contributed by atoms with van der Waals surface area (Å²) in [6.45, 7) is 0.438. The molecular formula is C12H15N3O4. The van der Waals surface area contributed by atoms with Crippen LogP contribution in [0.2, 0.25) is 0 Å². The number of carbonyl (C=O) groups excluding carboxylic acids is 2. The first-order chi connectivity index (χ1) is 8.97. The van der Waals surface area contributed by atoms with Gasteiger partial charge in [-0.25, -0.2) is 4.79 Å². The molecule has 0 aliphatic carbocycles. The van der Waals surface area contributed by atoms with Crippen LogP contribution in [-0.2, 0) is 11.3 Å². The van der Waals surface area contributed by atoms with Crippen molar-refractivity contribution in [2.75, 3.05) is 13.6 Å². The van der Waals surface area contributed by atoms with Crippen LogP contribution in [-0.4, -0.2) is 46.7 Å². The molecule has 2 rings (SSSR count). The van der Waals surface area contributed by atoms with Crippen LogP contribution in [0.3, 0.4) is 0 Å². The highest BCUT2D eigenvalue weighted by molar-refractivity contribution is 5.90. The molecule has 1 fully saturated rings. The molecule has 0 radical (unpaired) electrons. The Hall–Kier alpha value is -2.44. The topological polar surface area (TPSA) is 102 Å². The number of aromatic hydroxyl groups is 2. The number of phenolic OH excluding ortho intramolecular Hbond substituents is 2. The van der Waals surface area contributed by atoms with Crippen molar-refractivity contribution in [2.45, 2.75) is 12.6 Å². The van der Waals surface area contributed by atoms with Gasteiger partial charge in [0.25, 0.3) is 0 Å². The van der Waals surface area contributed by atoms with Crippen LogP contribution in [0.25, 0.3) is 0 Å². The second kappa shape index (κ2) is 5.05. The highest BCUT2D eigenvalue weighted by atomic mass is 16.3. The van der Waals surface area contributed by atoms with E-state index in [1.54, 1.807) is 7.05 Å². The van der Waals surface area contributed by atoms with Crippen molar-refractivity contribution in [3.63, 3.8) is 0 Å². The Labute approximate surface area is 109 Å². The molecule has 0 saturated carbocycles. The average Bonchev–Trinajstić information content (AvgIpc) is 2.68. The van der Waals surface area contributed by atoms with E-state index < -0.39 is 6.04 Å². The predicted molar refractivity (Wildman–Crippen MR) is 66.6 cm³/mol. The number of hydrogen-bond acceptors (Lipinski definition) is 4. The van der Waals surface area contributed by atoms with E-state index >= 15 is 0 Å². The Morgan fingerprint density at radius 3 is 2.84 bits per heavy atom. The van der Waals surface area contributed by atoms with Crippen LogP contribution in [0, 0.1) is 0 Å². The van der Waals surface area contributed by atoms with Gasteiger partial charge in [-0.05, 0) is 12.1 Å². The number of hydrogen-bond donors (Lipinski definition) is 4. The summed E-state index contributed by atoms with van der Waals surface area (Å²) in [7, 11) is 1.61. The second-order valence-electron chi connectivity index (χ2n) is 4.41. The molecule has 1 aromatic rings. The maximum absolute atomic E-state index is 11.8. The fourth-order valence-electron chi connectivity index (χ4n) is 1.82. The Morgan fingerprint density at radius 1 is 1.53 bits per heavy atom. The van der Waals surface area contributed by atoms with Crippen LogP contribution < -0.4 is 10.6 Å². The van der Waals surface area contributed by atoms with Crippen molar-refractivity contribution in [3.8, 4) is 11.5 Å². The minimum Gasteiger partial charge on any atom is -0.508 e. The summed E-state index contributed by atoms with van der Waals surface area (Å²) in [5, 5.41) is 23.9. The summed E-state index contributed by atoms with van der Waals surface area (Å²) in [5.41, 5.74) is 0.490. The van der Waals surface area contributed by atoms with E-state index in [4.69, 9.17) is 5.11 Å². The van der Waals surface area contributed by atoms with E-state index in [2.05, 4.69) is 10.6 Å². The normalized spacial score (nSPS) is 18.3.